The molecule has 5 nitrogen and oxygen atoms in total. The molecule has 0 bridgehead atoms. The molecular formula is C18H14N4OS2. The fourth-order valence-corrected chi connectivity index (χ4v) is 4.00. The minimum Gasteiger partial charge on any atom is -0.269 e. The fraction of sp³-hybridized carbons (Fsp3) is 0.111. The molecule has 0 saturated carbocycles. The van der Waals surface area contributed by atoms with Crippen LogP contribution in [0.15, 0.2) is 64.0 Å². The van der Waals surface area contributed by atoms with Crippen molar-refractivity contribution in [2.45, 2.75) is 17.8 Å². The molecule has 0 fully saturated rings. The summed E-state index contributed by atoms with van der Waals surface area (Å²) in [5.74, 6) is 0.557. The lowest BCUT2D eigenvalue weighted by molar-refractivity contribution is 0.935. The van der Waals surface area contributed by atoms with Crippen LogP contribution in [0.1, 0.15) is 11.4 Å². The van der Waals surface area contributed by atoms with Gasteiger partial charge in [-0.3, -0.25) is 9.20 Å². The van der Waals surface area contributed by atoms with Gasteiger partial charge in [0.1, 0.15) is 0 Å². The first-order chi connectivity index (χ1) is 12.2. The van der Waals surface area contributed by atoms with Crippen LogP contribution in [0.5, 0.6) is 0 Å². The highest BCUT2D eigenvalue weighted by atomic mass is 32.2. The molecule has 0 N–H and O–H groups in total. The van der Waals surface area contributed by atoms with Crippen molar-refractivity contribution in [1.82, 2.24) is 19.4 Å². The van der Waals surface area contributed by atoms with E-state index in [1.165, 1.54) is 23.1 Å². The lowest BCUT2D eigenvalue weighted by atomic mass is 10.1. The van der Waals surface area contributed by atoms with Crippen molar-refractivity contribution < 1.29 is 0 Å². The maximum Gasteiger partial charge on any atom is 0.258 e. The molecule has 7 heteroatoms. The summed E-state index contributed by atoms with van der Waals surface area (Å²) in [7, 11) is 0. The van der Waals surface area contributed by atoms with Gasteiger partial charge in [-0.2, -0.15) is 0 Å². The molecule has 4 aromatic rings. The van der Waals surface area contributed by atoms with Gasteiger partial charge in [0, 0.05) is 34.7 Å². The van der Waals surface area contributed by atoms with Crippen LogP contribution in [-0.2, 0) is 5.75 Å². The van der Waals surface area contributed by atoms with Gasteiger partial charge in [-0.25, -0.2) is 15.0 Å². The SMILES string of the molecule is Cc1cc(-c2ccccc2)nc(SCc2cc(=O)n3ccsc3n2)n1. The largest absolute Gasteiger partial charge is 0.269 e. The summed E-state index contributed by atoms with van der Waals surface area (Å²) in [5, 5.41) is 2.54. The van der Waals surface area contributed by atoms with E-state index in [4.69, 9.17) is 0 Å². The van der Waals surface area contributed by atoms with Crippen LogP contribution in [0.3, 0.4) is 0 Å². The number of thiazole rings is 1. The molecule has 3 aromatic heterocycles. The summed E-state index contributed by atoms with van der Waals surface area (Å²) in [6, 6.07) is 13.6. The predicted octanol–water partition coefficient (Wildman–Crippen LogP) is 3.81. The van der Waals surface area contributed by atoms with Crippen molar-refractivity contribution in [2.24, 2.45) is 0 Å². The number of rotatable bonds is 4. The van der Waals surface area contributed by atoms with Crippen molar-refractivity contribution >= 4 is 28.1 Å². The van der Waals surface area contributed by atoms with E-state index >= 15 is 0 Å². The summed E-state index contributed by atoms with van der Waals surface area (Å²) in [6.07, 6.45) is 1.74. The highest BCUT2D eigenvalue weighted by molar-refractivity contribution is 7.98. The highest BCUT2D eigenvalue weighted by Crippen LogP contribution is 2.23. The Bertz CT molecular complexity index is 1090. The second-order valence-electron chi connectivity index (χ2n) is 5.47. The third-order valence-corrected chi connectivity index (χ3v) is 5.25. The van der Waals surface area contributed by atoms with Gasteiger partial charge in [0.05, 0.1) is 11.4 Å². The summed E-state index contributed by atoms with van der Waals surface area (Å²) < 4.78 is 1.55. The number of benzene rings is 1. The number of thioether (sulfide) groups is 1. The standard InChI is InChI=1S/C18H14N4OS2/c1-12-9-15(13-5-3-2-4-6-13)21-17(19-12)25-11-14-10-16(23)22-7-8-24-18(22)20-14/h2-10H,11H2,1H3. The molecule has 0 radical (unpaired) electrons. The van der Waals surface area contributed by atoms with Gasteiger partial charge in [-0.05, 0) is 13.0 Å². The monoisotopic (exact) mass is 366 g/mol. The van der Waals surface area contributed by atoms with Crippen LogP contribution in [0.4, 0.5) is 0 Å². The first kappa shape index (κ1) is 16.0. The Balaban J connectivity index is 1.60. The van der Waals surface area contributed by atoms with Crippen LogP contribution in [-0.4, -0.2) is 19.4 Å². The third kappa shape index (κ3) is 3.47. The zero-order chi connectivity index (χ0) is 17.2. The fourth-order valence-electron chi connectivity index (χ4n) is 2.46. The third-order valence-electron chi connectivity index (χ3n) is 3.61. The molecule has 0 unspecified atom stereocenters. The van der Waals surface area contributed by atoms with Gasteiger partial charge in [-0.1, -0.05) is 42.1 Å². The van der Waals surface area contributed by atoms with E-state index in [1.54, 1.807) is 16.7 Å². The van der Waals surface area contributed by atoms with Gasteiger partial charge in [-0.15, -0.1) is 11.3 Å². The van der Waals surface area contributed by atoms with Crippen molar-refractivity contribution in [2.75, 3.05) is 0 Å². The summed E-state index contributed by atoms with van der Waals surface area (Å²) in [5.41, 5.74) is 3.56. The van der Waals surface area contributed by atoms with Gasteiger partial charge in [0.15, 0.2) is 10.1 Å². The van der Waals surface area contributed by atoms with Crippen LogP contribution in [0, 0.1) is 6.92 Å². The van der Waals surface area contributed by atoms with E-state index in [2.05, 4.69) is 15.0 Å². The van der Waals surface area contributed by atoms with Gasteiger partial charge >= 0.3 is 0 Å². The second kappa shape index (κ2) is 6.78. The molecular weight excluding hydrogens is 352 g/mol. The number of hydrogen-bond donors (Lipinski definition) is 0. The maximum absolute atomic E-state index is 12.1. The molecule has 0 amide bonds. The Hall–Kier alpha value is -2.51. The van der Waals surface area contributed by atoms with Crippen LogP contribution >= 0.6 is 23.1 Å². The average molecular weight is 366 g/mol. The zero-order valence-electron chi connectivity index (χ0n) is 13.4. The molecule has 3 heterocycles. The summed E-state index contributed by atoms with van der Waals surface area (Å²) in [6.45, 7) is 1.96. The van der Waals surface area contributed by atoms with E-state index in [-0.39, 0.29) is 5.56 Å². The lowest BCUT2D eigenvalue weighted by Crippen LogP contribution is -2.12. The summed E-state index contributed by atoms with van der Waals surface area (Å²) in [4.78, 5) is 26.4. The first-order valence-electron chi connectivity index (χ1n) is 7.69. The molecule has 0 aliphatic rings. The molecule has 4 rings (SSSR count). The average Bonchev–Trinajstić information content (AvgIpc) is 3.09. The number of hydrogen-bond acceptors (Lipinski definition) is 6. The quantitative estimate of drug-likeness (QED) is 0.406. The van der Waals surface area contributed by atoms with Gasteiger partial charge in [0.25, 0.3) is 5.56 Å². The first-order valence-corrected chi connectivity index (χ1v) is 9.55. The van der Waals surface area contributed by atoms with Crippen LogP contribution < -0.4 is 5.56 Å². The van der Waals surface area contributed by atoms with Crippen LogP contribution in [0.2, 0.25) is 0 Å². The molecule has 124 valence electrons. The number of fused-ring (bicyclic) bond motifs is 1. The topological polar surface area (TPSA) is 60.2 Å². The Morgan fingerprint density at radius 2 is 1.96 bits per heavy atom. The smallest absolute Gasteiger partial charge is 0.258 e. The molecule has 0 aliphatic heterocycles. The molecule has 25 heavy (non-hydrogen) atoms. The maximum atomic E-state index is 12.1. The molecule has 0 atom stereocenters. The van der Waals surface area contributed by atoms with Gasteiger partial charge < -0.3 is 0 Å². The van der Waals surface area contributed by atoms with Crippen LogP contribution in [0.25, 0.3) is 16.2 Å². The number of aryl methyl sites for hydroxylation is 1. The van der Waals surface area contributed by atoms with E-state index < -0.39 is 0 Å². The molecule has 0 saturated heterocycles. The predicted molar refractivity (Wildman–Crippen MR) is 101 cm³/mol. The highest BCUT2D eigenvalue weighted by Gasteiger charge is 2.08. The van der Waals surface area contributed by atoms with Crippen molar-refractivity contribution in [1.29, 1.82) is 0 Å². The van der Waals surface area contributed by atoms with E-state index in [9.17, 15) is 4.79 Å². The Labute approximate surface area is 152 Å². The minimum absolute atomic E-state index is 0.0583. The lowest BCUT2D eigenvalue weighted by Gasteiger charge is -2.06. The van der Waals surface area contributed by atoms with Crippen molar-refractivity contribution in [3.05, 3.63) is 75.8 Å². The Morgan fingerprint density at radius 1 is 1.12 bits per heavy atom. The van der Waals surface area contributed by atoms with E-state index in [0.717, 1.165) is 22.6 Å². The van der Waals surface area contributed by atoms with E-state index in [1.807, 2.05) is 48.7 Å². The Morgan fingerprint density at radius 3 is 2.80 bits per heavy atom. The summed E-state index contributed by atoms with van der Waals surface area (Å²) >= 11 is 2.94. The van der Waals surface area contributed by atoms with Crippen molar-refractivity contribution in [3.8, 4) is 11.3 Å². The molecule has 0 aliphatic carbocycles. The van der Waals surface area contributed by atoms with E-state index in [0.29, 0.717) is 15.9 Å². The number of aromatic nitrogens is 4. The zero-order valence-corrected chi connectivity index (χ0v) is 15.0. The Kier molecular flexibility index (Phi) is 4.33. The van der Waals surface area contributed by atoms with Gasteiger partial charge in [0.2, 0.25) is 0 Å². The van der Waals surface area contributed by atoms with Crippen molar-refractivity contribution in [3.63, 3.8) is 0 Å². The molecule has 1 aromatic carbocycles. The molecule has 0 spiro atoms. The number of nitrogens with zero attached hydrogens (tertiary/aromatic N) is 4. The second-order valence-corrected chi connectivity index (χ2v) is 7.29. The normalized spacial score (nSPS) is 11.1. The minimum atomic E-state index is -0.0583.